The second-order valence-electron chi connectivity index (χ2n) is 7.01. The fourth-order valence-electron chi connectivity index (χ4n) is 3.18. The van der Waals surface area contributed by atoms with Crippen molar-refractivity contribution in [1.82, 2.24) is 15.5 Å². The molecule has 0 radical (unpaired) electrons. The average molecular weight is 331 g/mol. The van der Waals surface area contributed by atoms with Crippen LogP contribution in [0.5, 0.6) is 0 Å². The molecule has 0 bridgehead atoms. The molecule has 4 heteroatoms. The number of aliphatic imine (C=N–C) groups is 1. The van der Waals surface area contributed by atoms with Gasteiger partial charge in [0.2, 0.25) is 0 Å². The Morgan fingerprint density at radius 1 is 1.21 bits per heavy atom. The molecule has 0 aromatic heterocycles. The largest absolute Gasteiger partial charge is 0.356 e. The van der Waals surface area contributed by atoms with Gasteiger partial charge >= 0.3 is 0 Å². The normalized spacial score (nSPS) is 18.4. The van der Waals surface area contributed by atoms with Crippen molar-refractivity contribution in [3.8, 4) is 0 Å². The lowest BCUT2D eigenvalue weighted by atomic mass is 9.99. The van der Waals surface area contributed by atoms with Gasteiger partial charge in [0.15, 0.2) is 5.96 Å². The van der Waals surface area contributed by atoms with E-state index in [1.54, 1.807) is 0 Å². The summed E-state index contributed by atoms with van der Waals surface area (Å²) in [4.78, 5) is 6.95. The second kappa shape index (κ2) is 10.3. The van der Waals surface area contributed by atoms with E-state index in [2.05, 4.69) is 58.6 Å². The second-order valence-corrected chi connectivity index (χ2v) is 7.01. The molecule has 1 heterocycles. The fourth-order valence-corrected chi connectivity index (χ4v) is 3.18. The predicted octanol–water partition coefficient (Wildman–Crippen LogP) is 3.42. The average Bonchev–Trinajstić information content (AvgIpc) is 2.62. The maximum Gasteiger partial charge on any atom is 0.191 e. The van der Waals surface area contributed by atoms with Gasteiger partial charge in [-0.3, -0.25) is 4.99 Å². The summed E-state index contributed by atoms with van der Waals surface area (Å²) in [5, 5.41) is 6.89. The summed E-state index contributed by atoms with van der Waals surface area (Å²) in [7, 11) is 1.84. The van der Waals surface area contributed by atoms with Crippen LogP contribution in [-0.2, 0) is 0 Å². The van der Waals surface area contributed by atoms with Crippen LogP contribution in [-0.4, -0.2) is 44.1 Å². The number of guanidine groups is 1. The smallest absolute Gasteiger partial charge is 0.191 e. The number of unbranched alkanes of at least 4 members (excludes halogenated alkanes) is 1. The first-order valence-electron chi connectivity index (χ1n) is 9.43. The fraction of sp³-hybridized carbons (Fsp3) is 0.650. The van der Waals surface area contributed by atoms with Gasteiger partial charge in [-0.2, -0.15) is 0 Å². The summed E-state index contributed by atoms with van der Waals surface area (Å²) in [6, 6.07) is 10.7. The maximum absolute atomic E-state index is 4.33. The van der Waals surface area contributed by atoms with Gasteiger partial charge < -0.3 is 15.5 Å². The third kappa shape index (κ3) is 6.52. The van der Waals surface area contributed by atoms with Crippen molar-refractivity contribution >= 4 is 5.96 Å². The van der Waals surface area contributed by atoms with Crippen LogP contribution in [0.4, 0.5) is 0 Å². The third-order valence-electron chi connectivity index (χ3n) is 4.95. The van der Waals surface area contributed by atoms with Crippen LogP contribution in [0.2, 0.25) is 0 Å². The summed E-state index contributed by atoms with van der Waals surface area (Å²) in [5.41, 5.74) is 1.28. The molecule has 0 saturated carbocycles. The van der Waals surface area contributed by atoms with Gasteiger partial charge in [0.05, 0.1) is 6.04 Å². The summed E-state index contributed by atoms with van der Waals surface area (Å²) in [6.07, 6.45) is 5.18. The molecule has 2 rings (SSSR count). The summed E-state index contributed by atoms with van der Waals surface area (Å²) in [6.45, 7) is 9.32. The Kier molecular flexibility index (Phi) is 8.10. The molecule has 1 aromatic rings. The van der Waals surface area contributed by atoms with Crippen LogP contribution < -0.4 is 10.6 Å². The summed E-state index contributed by atoms with van der Waals surface area (Å²) >= 11 is 0. The van der Waals surface area contributed by atoms with E-state index >= 15 is 0 Å². The number of likely N-dealkylation sites (tertiary alicyclic amines) is 1. The number of rotatable bonds is 7. The van der Waals surface area contributed by atoms with E-state index in [9.17, 15) is 0 Å². The molecule has 0 spiro atoms. The molecule has 1 atom stereocenters. The van der Waals surface area contributed by atoms with Crippen molar-refractivity contribution in [3.05, 3.63) is 35.9 Å². The van der Waals surface area contributed by atoms with E-state index in [1.165, 1.54) is 50.9 Å². The highest BCUT2D eigenvalue weighted by Crippen LogP contribution is 2.16. The van der Waals surface area contributed by atoms with Gasteiger partial charge in [-0.25, -0.2) is 0 Å². The molecule has 1 aliphatic rings. The lowest BCUT2D eigenvalue weighted by Gasteiger charge is -2.30. The molecule has 134 valence electrons. The zero-order chi connectivity index (χ0) is 17.2. The number of hydrogen-bond acceptors (Lipinski definition) is 2. The van der Waals surface area contributed by atoms with Crippen LogP contribution in [0.15, 0.2) is 35.3 Å². The van der Waals surface area contributed by atoms with Crippen LogP contribution >= 0.6 is 0 Å². The first-order valence-corrected chi connectivity index (χ1v) is 9.43. The van der Waals surface area contributed by atoms with E-state index in [-0.39, 0.29) is 6.04 Å². The van der Waals surface area contributed by atoms with Crippen molar-refractivity contribution in [2.45, 2.75) is 45.6 Å². The lowest BCUT2D eigenvalue weighted by molar-refractivity contribution is 0.189. The highest BCUT2D eigenvalue weighted by Gasteiger charge is 2.14. The van der Waals surface area contributed by atoms with E-state index in [1.807, 2.05) is 13.1 Å². The Morgan fingerprint density at radius 3 is 2.58 bits per heavy atom. The molecular formula is C20H34N4. The first-order chi connectivity index (χ1) is 11.7. The van der Waals surface area contributed by atoms with Crippen LogP contribution in [0.25, 0.3) is 0 Å². The number of benzene rings is 1. The van der Waals surface area contributed by atoms with Gasteiger partial charge in [-0.15, -0.1) is 0 Å². The zero-order valence-electron chi connectivity index (χ0n) is 15.6. The minimum atomic E-state index is 0.257. The summed E-state index contributed by atoms with van der Waals surface area (Å²) < 4.78 is 0. The first kappa shape index (κ1) is 18.8. The van der Waals surface area contributed by atoms with Crippen molar-refractivity contribution in [2.24, 2.45) is 10.9 Å². The Balaban J connectivity index is 1.60. The van der Waals surface area contributed by atoms with Crippen LogP contribution in [0.1, 0.15) is 51.1 Å². The molecule has 1 aliphatic heterocycles. The highest BCUT2D eigenvalue weighted by molar-refractivity contribution is 5.80. The zero-order valence-corrected chi connectivity index (χ0v) is 15.6. The highest BCUT2D eigenvalue weighted by atomic mass is 15.2. The van der Waals surface area contributed by atoms with E-state index in [0.29, 0.717) is 0 Å². The number of nitrogens with zero attached hydrogens (tertiary/aromatic N) is 2. The molecular weight excluding hydrogens is 296 g/mol. The minimum absolute atomic E-state index is 0.257. The van der Waals surface area contributed by atoms with Crippen molar-refractivity contribution in [2.75, 3.05) is 33.2 Å². The number of hydrogen-bond donors (Lipinski definition) is 2. The topological polar surface area (TPSA) is 39.7 Å². The van der Waals surface area contributed by atoms with Crippen molar-refractivity contribution < 1.29 is 0 Å². The molecule has 1 unspecified atom stereocenters. The molecule has 1 aromatic carbocycles. The van der Waals surface area contributed by atoms with Crippen molar-refractivity contribution in [3.63, 3.8) is 0 Å². The summed E-state index contributed by atoms with van der Waals surface area (Å²) in [5.74, 6) is 1.81. The molecule has 1 saturated heterocycles. The monoisotopic (exact) mass is 330 g/mol. The Morgan fingerprint density at radius 2 is 1.92 bits per heavy atom. The van der Waals surface area contributed by atoms with Crippen LogP contribution in [0, 0.1) is 5.92 Å². The third-order valence-corrected chi connectivity index (χ3v) is 4.95. The van der Waals surface area contributed by atoms with Gasteiger partial charge in [-0.05, 0) is 63.7 Å². The van der Waals surface area contributed by atoms with Gasteiger partial charge in [0.1, 0.15) is 0 Å². The molecule has 0 amide bonds. The van der Waals surface area contributed by atoms with Crippen molar-refractivity contribution in [1.29, 1.82) is 0 Å². The van der Waals surface area contributed by atoms with Gasteiger partial charge in [0, 0.05) is 13.6 Å². The molecule has 24 heavy (non-hydrogen) atoms. The standard InChI is InChI=1S/C20H34N4/c1-17-11-15-24(16-12-17)14-8-7-13-22-20(21-3)23-18(2)19-9-5-4-6-10-19/h4-6,9-10,17-18H,7-8,11-16H2,1-3H3,(H2,21,22,23). The lowest BCUT2D eigenvalue weighted by Crippen LogP contribution is -2.39. The molecule has 2 N–H and O–H groups in total. The Hall–Kier alpha value is -1.55. The number of piperidine rings is 1. The van der Waals surface area contributed by atoms with E-state index < -0.39 is 0 Å². The van der Waals surface area contributed by atoms with E-state index in [0.717, 1.165) is 18.4 Å². The Bertz CT molecular complexity index is 478. The molecule has 1 fully saturated rings. The van der Waals surface area contributed by atoms with Crippen LogP contribution in [0.3, 0.4) is 0 Å². The maximum atomic E-state index is 4.33. The minimum Gasteiger partial charge on any atom is -0.356 e. The number of nitrogens with one attached hydrogen (secondary N) is 2. The molecule has 4 nitrogen and oxygen atoms in total. The predicted molar refractivity (Wildman–Crippen MR) is 103 cm³/mol. The van der Waals surface area contributed by atoms with Gasteiger partial charge in [0.25, 0.3) is 0 Å². The Labute approximate surface area is 147 Å². The van der Waals surface area contributed by atoms with Gasteiger partial charge in [-0.1, -0.05) is 37.3 Å². The SMILES string of the molecule is CN=C(NCCCCN1CCC(C)CC1)NC(C)c1ccccc1. The van der Waals surface area contributed by atoms with E-state index in [4.69, 9.17) is 0 Å². The quantitative estimate of drug-likeness (QED) is 0.457. The molecule has 0 aliphatic carbocycles.